The van der Waals surface area contributed by atoms with Crippen molar-refractivity contribution in [2.24, 2.45) is 0 Å². The Kier molecular flexibility index (Phi) is 5.05. The van der Waals surface area contributed by atoms with E-state index in [9.17, 15) is 10.1 Å². The molecule has 0 radical (unpaired) electrons. The summed E-state index contributed by atoms with van der Waals surface area (Å²) < 4.78 is 0. The van der Waals surface area contributed by atoms with Crippen LogP contribution in [0.4, 0.5) is 0 Å². The summed E-state index contributed by atoms with van der Waals surface area (Å²) in [5, 5.41) is 11.6. The average Bonchev–Trinajstić information content (AvgIpc) is 2.41. The zero-order valence-electron chi connectivity index (χ0n) is 12.3. The van der Waals surface area contributed by atoms with Crippen LogP contribution in [0.5, 0.6) is 0 Å². The Balaban J connectivity index is 2.01. The smallest absolute Gasteiger partial charge is 0.228 e. The molecule has 1 saturated carbocycles. The van der Waals surface area contributed by atoms with Crippen molar-refractivity contribution in [1.29, 1.82) is 0 Å². The lowest BCUT2D eigenvalue weighted by Crippen LogP contribution is -2.48. The molecule has 0 heterocycles. The van der Waals surface area contributed by atoms with Crippen LogP contribution in [-0.4, -0.2) is 41.3 Å². The van der Waals surface area contributed by atoms with E-state index in [2.05, 4.69) is 31.2 Å². The van der Waals surface area contributed by atoms with Gasteiger partial charge in [-0.3, -0.25) is 10.1 Å². The number of rotatable bonds is 4. The average molecular weight is 294 g/mol. The Labute approximate surface area is 124 Å². The molecule has 0 spiro atoms. The molecule has 0 N–H and O–H groups in total. The number of aryl methyl sites for hydroxylation is 1. The van der Waals surface area contributed by atoms with Crippen LogP contribution in [0, 0.1) is 17.0 Å². The van der Waals surface area contributed by atoms with Crippen LogP contribution in [-0.2, 0) is 0 Å². The summed E-state index contributed by atoms with van der Waals surface area (Å²) >= 11 is 1.86. The van der Waals surface area contributed by atoms with E-state index in [1.165, 1.54) is 10.5 Å². The molecule has 0 aliphatic heterocycles. The van der Waals surface area contributed by atoms with Crippen LogP contribution < -0.4 is 0 Å². The number of nitro groups is 1. The largest absolute Gasteiger partial charge is 0.300 e. The molecule has 1 aromatic carbocycles. The van der Waals surface area contributed by atoms with Gasteiger partial charge in [0.2, 0.25) is 6.04 Å². The molecule has 1 aromatic rings. The van der Waals surface area contributed by atoms with Crippen molar-refractivity contribution in [3.05, 3.63) is 39.9 Å². The summed E-state index contributed by atoms with van der Waals surface area (Å²) in [7, 11) is 3.89. The maximum Gasteiger partial charge on any atom is 0.228 e. The lowest BCUT2D eigenvalue weighted by atomic mass is 9.89. The van der Waals surface area contributed by atoms with E-state index < -0.39 is 6.04 Å². The molecule has 4 nitrogen and oxygen atoms in total. The fourth-order valence-corrected chi connectivity index (χ4v) is 4.04. The molecule has 0 amide bonds. The van der Waals surface area contributed by atoms with Crippen LogP contribution in [0.15, 0.2) is 29.2 Å². The van der Waals surface area contributed by atoms with Crippen molar-refractivity contribution in [1.82, 2.24) is 4.90 Å². The molecular weight excluding hydrogens is 272 g/mol. The van der Waals surface area contributed by atoms with Gasteiger partial charge in [-0.25, -0.2) is 0 Å². The second-order valence-electron chi connectivity index (χ2n) is 5.75. The second-order valence-corrected chi connectivity index (χ2v) is 7.12. The number of hydrogen-bond donors (Lipinski definition) is 0. The normalized spacial score (nSPS) is 26.7. The molecular formula is C15H22N2O2S. The van der Waals surface area contributed by atoms with Crippen LogP contribution in [0.2, 0.25) is 0 Å². The highest BCUT2D eigenvalue weighted by Crippen LogP contribution is 2.35. The fourth-order valence-electron chi connectivity index (χ4n) is 2.81. The maximum atomic E-state index is 11.1. The lowest BCUT2D eigenvalue weighted by Gasteiger charge is -2.34. The highest BCUT2D eigenvalue weighted by molar-refractivity contribution is 8.00. The predicted molar refractivity (Wildman–Crippen MR) is 82.9 cm³/mol. The highest BCUT2D eigenvalue weighted by Gasteiger charge is 2.39. The van der Waals surface area contributed by atoms with Crippen LogP contribution in [0.1, 0.15) is 24.8 Å². The van der Waals surface area contributed by atoms with E-state index in [0.717, 1.165) is 12.8 Å². The van der Waals surface area contributed by atoms with E-state index in [1.807, 2.05) is 30.8 Å². The summed E-state index contributed by atoms with van der Waals surface area (Å²) in [6.45, 7) is 2.08. The first-order chi connectivity index (χ1) is 9.47. The Morgan fingerprint density at radius 2 is 1.90 bits per heavy atom. The molecule has 1 fully saturated rings. The van der Waals surface area contributed by atoms with Crippen molar-refractivity contribution in [3.63, 3.8) is 0 Å². The Bertz CT molecular complexity index is 461. The maximum absolute atomic E-state index is 11.1. The van der Waals surface area contributed by atoms with Crippen molar-refractivity contribution in [3.8, 4) is 0 Å². The third-order valence-corrected chi connectivity index (χ3v) is 5.30. The Hall–Kier alpha value is -1.07. The zero-order chi connectivity index (χ0) is 14.7. The summed E-state index contributed by atoms with van der Waals surface area (Å²) in [5.74, 6) is 0. The number of hydrogen-bond acceptors (Lipinski definition) is 4. The van der Waals surface area contributed by atoms with E-state index in [4.69, 9.17) is 0 Å². The van der Waals surface area contributed by atoms with Gasteiger partial charge in [0.25, 0.3) is 0 Å². The molecule has 0 saturated heterocycles. The van der Waals surface area contributed by atoms with Gasteiger partial charge in [-0.1, -0.05) is 17.7 Å². The van der Waals surface area contributed by atoms with Crippen molar-refractivity contribution in [2.75, 3.05) is 14.1 Å². The number of thioether (sulfide) groups is 1. The van der Waals surface area contributed by atoms with E-state index in [-0.39, 0.29) is 11.0 Å². The number of nitrogens with zero attached hydrogens (tertiary/aromatic N) is 2. The SMILES string of the molecule is Cc1ccc(S[C@@H]2CC[C@H]([N+](=O)[O-])[C@@H](N(C)C)C2)cc1. The van der Waals surface area contributed by atoms with Gasteiger partial charge in [0.15, 0.2) is 0 Å². The first-order valence-corrected chi connectivity index (χ1v) is 7.88. The van der Waals surface area contributed by atoms with Gasteiger partial charge in [-0.15, -0.1) is 11.8 Å². The quantitative estimate of drug-likeness (QED) is 0.632. The van der Waals surface area contributed by atoms with Gasteiger partial charge in [0, 0.05) is 21.5 Å². The summed E-state index contributed by atoms with van der Waals surface area (Å²) in [6, 6.07) is 8.15. The molecule has 3 atom stereocenters. The molecule has 0 aromatic heterocycles. The van der Waals surface area contributed by atoms with Crippen LogP contribution >= 0.6 is 11.8 Å². The summed E-state index contributed by atoms with van der Waals surface area (Å²) in [5.41, 5.74) is 1.26. The third-order valence-electron chi connectivity index (χ3n) is 3.99. The molecule has 0 unspecified atom stereocenters. The van der Waals surface area contributed by atoms with E-state index in [1.54, 1.807) is 0 Å². The molecule has 20 heavy (non-hydrogen) atoms. The summed E-state index contributed by atoms with van der Waals surface area (Å²) in [6.07, 6.45) is 2.49. The minimum absolute atomic E-state index is 0.0432. The topological polar surface area (TPSA) is 46.4 Å². The molecule has 0 bridgehead atoms. The van der Waals surface area contributed by atoms with E-state index >= 15 is 0 Å². The van der Waals surface area contributed by atoms with Gasteiger partial charge in [0.05, 0.1) is 6.04 Å². The number of benzene rings is 1. The van der Waals surface area contributed by atoms with Gasteiger partial charge in [-0.2, -0.15) is 0 Å². The van der Waals surface area contributed by atoms with Crippen LogP contribution in [0.3, 0.4) is 0 Å². The van der Waals surface area contributed by atoms with Crippen molar-refractivity contribution in [2.45, 2.75) is 48.4 Å². The Morgan fingerprint density at radius 1 is 1.25 bits per heavy atom. The standard InChI is InChI=1S/C15H22N2O2S/c1-11-4-6-12(7-5-11)20-13-8-9-14(17(18)19)15(10-13)16(2)3/h4-7,13-15H,8-10H2,1-3H3/t13-,14+,15+/m1/s1. The Morgan fingerprint density at radius 3 is 2.45 bits per heavy atom. The molecule has 110 valence electrons. The van der Waals surface area contributed by atoms with E-state index in [0.29, 0.717) is 11.7 Å². The lowest BCUT2D eigenvalue weighted by molar-refractivity contribution is -0.533. The monoisotopic (exact) mass is 294 g/mol. The molecule has 1 aliphatic rings. The zero-order valence-corrected chi connectivity index (χ0v) is 13.1. The minimum atomic E-state index is -0.417. The first kappa shape index (κ1) is 15.3. The van der Waals surface area contributed by atoms with Gasteiger partial charge in [-0.05, 0) is 46.0 Å². The van der Waals surface area contributed by atoms with Gasteiger partial charge in [0.1, 0.15) is 0 Å². The predicted octanol–water partition coefficient (Wildman–Crippen LogP) is 3.22. The van der Waals surface area contributed by atoms with Crippen molar-refractivity contribution >= 4 is 11.8 Å². The van der Waals surface area contributed by atoms with Gasteiger partial charge < -0.3 is 4.90 Å². The van der Waals surface area contributed by atoms with Crippen molar-refractivity contribution < 1.29 is 4.92 Å². The highest BCUT2D eigenvalue weighted by atomic mass is 32.2. The number of likely N-dealkylation sites (N-methyl/N-ethyl adjacent to an activating group) is 1. The molecule has 2 rings (SSSR count). The first-order valence-electron chi connectivity index (χ1n) is 7.00. The van der Waals surface area contributed by atoms with Gasteiger partial charge >= 0.3 is 0 Å². The van der Waals surface area contributed by atoms with Crippen LogP contribution in [0.25, 0.3) is 0 Å². The third kappa shape index (κ3) is 3.73. The minimum Gasteiger partial charge on any atom is -0.300 e. The summed E-state index contributed by atoms with van der Waals surface area (Å²) in [4.78, 5) is 14.3. The molecule has 1 aliphatic carbocycles. The molecule has 5 heteroatoms. The fraction of sp³-hybridized carbons (Fsp3) is 0.600. The second kappa shape index (κ2) is 6.59.